The molecule has 0 radical (unpaired) electrons. The molecule has 4 nitrogen and oxygen atoms in total. The average Bonchev–Trinajstić information content (AvgIpc) is 2.64. The maximum Gasteiger partial charge on any atom is 0.417 e. The Morgan fingerprint density at radius 1 is 1.11 bits per heavy atom. The second kappa shape index (κ2) is 9.06. The zero-order valence-corrected chi connectivity index (χ0v) is 16.2. The number of benzene rings is 1. The number of aryl methyl sites for hydroxylation is 2. The van der Waals surface area contributed by atoms with E-state index < -0.39 is 11.7 Å². The molecule has 0 amide bonds. The van der Waals surface area contributed by atoms with Crippen LogP contribution in [0.5, 0.6) is 5.88 Å². The van der Waals surface area contributed by atoms with E-state index in [-0.39, 0.29) is 17.1 Å². The summed E-state index contributed by atoms with van der Waals surface area (Å²) in [6, 6.07) is 4.24. The maximum absolute atomic E-state index is 13.6. The van der Waals surface area contributed by atoms with Crippen molar-refractivity contribution in [2.75, 3.05) is 19.0 Å². The number of alkyl halides is 3. The van der Waals surface area contributed by atoms with Crippen LogP contribution >= 0.6 is 0 Å². The number of methoxy groups -OCH3 is 1. The maximum atomic E-state index is 13.6. The first kappa shape index (κ1) is 21.0. The van der Waals surface area contributed by atoms with Crippen LogP contribution in [0.2, 0.25) is 0 Å². The van der Waals surface area contributed by atoms with Gasteiger partial charge in [0.15, 0.2) is 5.82 Å². The smallest absolute Gasteiger partial charge is 0.417 e. The van der Waals surface area contributed by atoms with E-state index in [2.05, 4.69) is 22.2 Å². The fraction of sp³-hybridized carbons (Fsp3) is 0.500. The van der Waals surface area contributed by atoms with Gasteiger partial charge in [0, 0.05) is 12.1 Å². The quantitative estimate of drug-likeness (QED) is 0.601. The van der Waals surface area contributed by atoms with Crippen molar-refractivity contribution in [3.8, 4) is 17.1 Å². The lowest BCUT2D eigenvalue weighted by Crippen LogP contribution is -2.12. The molecule has 0 aliphatic carbocycles. The number of nitrogens with zero attached hydrogens (tertiary/aromatic N) is 2. The summed E-state index contributed by atoms with van der Waals surface area (Å²) < 4.78 is 46.0. The van der Waals surface area contributed by atoms with E-state index >= 15 is 0 Å². The van der Waals surface area contributed by atoms with Gasteiger partial charge in [0.2, 0.25) is 0 Å². The highest BCUT2D eigenvalue weighted by Gasteiger charge is 2.35. The van der Waals surface area contributed by atoms with Gasteiger partial charge in [-0.15, -0.1) is 0 Å². The fourth-order valence-corrected chi connectivity index (χ4v) is 2.86. The molecule has 1 aromatic heterocycles. The van der Waals surface area contributed by atoms with Crippen LogP contribution in [-0.4, -0.2) is 23.6 Å². The highest BCUT2D eigenvalue weighted by atomic mass is 19.4. The molecule has 0 fully saturated rings. The number of nitrogens with one attached hydrogen (secondary N) is 1. The van der Waals surface area contributed by atoms with Gasteiger partial charge in [-0.1, -0.05) is 44.4 Å². The van der Waals surface area contributed by atoms with Crippen molar-refractivity contribution in [2.45, 2.75) is 52.6 Å². The minimum Gasteiger partial charge on any atom is -0.478 e. The molecule has 0 saturated carbocycles. The number of hydrogen-bond acceptors (Lipinski definition) is 4. The van der Waals surface area contributed by atoms with E-state index in [9.17, 15) is 13.2 Å². The van der Waals surface area contributed by atoms with Gasteiger partial charge in [-0.2, -0.15) is 13.2 Å². The summed E-state index contributed by atoms with van der Waals surface area (Å²) in [7, 11) is 1.44. The van der Waals surface area contributed by atoms with Crippen molar-refractivity contribution < 1.29 is 17.9 Å². The molecular formula is C20H26F3N3O. The highest BCUT2D eigenvalue weighted by molar-refractivity contribution is 5.69. The molecule has 1 heterocycles. The van der Waals surface area contributed by atoms with Gasteiger partial charge in [0.1, 0.15) is 0 Å². The first-order valence-corrected chi connectivity index (χ1v) is 9.18. The molecule has 0 spiro atoms. The number of halogens is 3. The summed E-state index contributed by atoms with van der Waals surface area (Å²) in [5.41, 5.74) is 0.563. The molecule has 148 valence electrons. The second-order valence-corrected chi connectivity index (χ2v) is 6.41. The Hall–Kier alpha value is -2.31. The normalized spacial score (nSPS) is 11.5. The molecule has 0 unspecified atom stereocenters. The lowest BCUT2D eigenvalue weighted by atomic mass is 9.99. The molecule has 1 N–H and O–H groups in total. The molecule has 0 saturated heterocycles. The van der Waals surface area contributed by atoms with Gasteiger partial charge in [-0.3, -0.25) is 0 Å². The van der Waals surface area contributed by atoms with Crippen molar-refractivity contribution in [3.63, 3.8) is 0 Å². The van der Waals surface area contributed by atoms with Gasteiger partial charge in [0.25, 0.3) is 5.88 Å². The van der Waals surface area contributed by atoms with Gasteiger partial charge < -0.3 is 10.1 Å². The first-order valence-electron chi connectivity index (χ1n) is 9.18. The number of ether oxygens (including phenoxy) is 1. The Balaban J connectivity index is 2.52. The average molecular weight is 381 g/mol. The monoisotopic (exact) mass is 381 g/mol. The number of rotatable bonds is 8. The Labute approximate surface area is 158 Å². The SMILES string of the molecule is CCCCCNc1nc(CC)c(-c2ccc(C)cc2C(F)(F)F)nc1OC. The fourth-order valence-electron chi connectivity index (χ4n) is 2.86. The van der Waals surface area contributed by atoms with Crippen LogP contribution in [0, 0.1) is 6.92 Å². The van der Waals surface area contributed by atoms with E-state index in [1.165, 1.54) is 13.2 Å². The molecule has 0 atom stereocenters. The summed E-state index contributed by atoms with van der Waals surface area (Å²) in [6.07, 6.45) is -0.864. The Bertz CT molecular complexity index is 776. The standard InChI is InChI=1S/C20H26F3N3O/c1-5-7-8-11-24-18-19(27-4)26-17(16(6-2)25-18)14-10-9-13(3)12-15(14)20(21,22)23/h9-10,12H,5-8,11H2,1-4H3,(H,24,25). The van der Waals surface area contributed by atoms with Crippen LogP contribution in [0.1, 0.15) is 49.9 Å². The van der Waals surface area contributed by atoms with Crippen LogP contribution in [0.4, 0.5) is 19.0 Å². The molecule has 0 bridgehead atoms. The molecule has 7 heteroatoms. The van der Waals surface area contributed by atoms with Crippen LogP contribution < -0.4 is 10.1 Å². The van der Waals surface area contributed by atoms with Crippen molar-refractivity contribution in [2.24, 2.45) is 0 Å². The van der Waals surface area contributed by atoms with E-state index in [1.54, 1.807) is 13.0 Å². The minimum absolute atomic E-state index is 0.0216. The lowest BCUT2D eigenvalue weighted by molar-refractivity contribution is -0.137. The summed E-state index contributed by atoms with van der Waals surface area (Å²) in [5, 5.41) is 3.19. The van der Waals surface area contributed by atoms with Crippen molar-refractivity contribution in [1.29, 1.82) is 0 Å². The van der Waals surface area contributed by atoms with Crippen molar-refractivity contribution in [1.82, 2.24) is 9.97 Å². The number of anilines is 1. The summed E-state index contributed by atoms with van der Waals surface area (Å²) in [6.45, 7) is 6.31. The molecule has 2 rings (SSSR count). The molecular weight excluding hydrogens is 355 g/mol. The van der Waals surface area contributed by atoms with E-state index in [4.69, 9.17) is 4.74 Å². The number of unbranched alkanes of at least 4 members (excludes halogenated alkanes) is 2. The van der Waals surface area contributed by atoms with Crippen molar-refractivity contribution >= 4 is 5.82 Å². The Morgan fingerprint density at radius 3 is 2.44 bits per heavy atom. The second-order valence-electron chi connectivity index (χ2n) is 6.41. The topological polar surface area (TPSA) is 47.0 Å². The molecule has 27 heavy (non-hydrogen) atoms. The van der Waals surface area contributed by atoms with Crippen LogP contribution in [0.3, 0.4) is 0 Å². The van der Waals surface area contributed by atoms with Gasteiger partial charge in [0.05, 0.1) is 24.1 Å². The molecule has 0 aliphatic rings. The first-order chi connectivity index (χ1) is 12.8. The highest BCUT2D eigenvalue weighted by Crippen LogP contribution is 2.39. The minimum atomic E-state index is -4.47. The third-order valence-electron chi connectivity index (χ3n) is 4.27. The zero-order chi connectivity index (χ0) is 20.0. The van der Waals surface area contributed by atoms with Gasteiger partial charge >= 0.3 is 6.18 Å². The summed E-state index contributed by atoms with van der Waals surface area (Å²) in [5.74, 6) is 0.669. The molecule has 2 aromatic rings. The number of aromatic nitrogens is 2. The molecule has 1 aromatic carbocycles. The van der Waals surface area contributed by atoms with E-state index in [0.717, 1.165) is 25.3 Å². The zero-order valence-electron chi connectivity index (χ0n) is 16.2. The predicted molar refractivity (Wildman–Crippen MR) is 101 cm³/mol. The van der Waals surface area contributed by atoms with Gasteiger partial charge in [-0.05, 0) is 25.8 Å². The predicted octanol–water partition coefficient (Wildman–Crippen LogP) is 5.64. The van der Waals surface area contributed by atoms with Crippen LogP contribution in [-0.2, 0) is 12.6 Å². The van der Waals surface area contributed by atoms with Crippen molar-refractivity contribution in [3.05, 3.63) is 35.0 Å². The van der Waals surface area contributed by atoms with E-state index in [0.29, 0.717) is 30.0 Å². The van der Waals surface area contributed by atoms with E-state index in [1.807, 2.05) is 6.92 Å². The van der Waals surface area contributed by atoms with Gasteiger partial charge in [-0.25, -0.2) is 9.97 Å². The van der Waals surface area contributed by atoms with Crippen LogP contribution in [0.25, 0.3) is 11.3 Å². The summed E-state index contributed by atoms with van der Waals surface area (Å²) >= 11 is 0. The molecule has 0 aliphatic heterocycles. The third-order valence-corrected chi connectivity index (χ3v) is 4.27. The number of hydrogen-bond donors (Lipinski definition) is 1. The lowest BCUT2D eigenvalue weighted by Gasteiger charge is -2.17. The largest absolute Gasteiger partial charge is 0.478 e. The third kappa shape index (κ3) is 5.11. The van der Waals surface area contributed by atoms with Crippen LogP contribution in [0.15, 0.2) is 18.2 Å². The summed E-state index contributed by atoms with van der Waals surface area (Å²) in [4.78, 5) is 8.90. The Morgan fingerprint density at radius 2 is 1.85 bits per heavy atom. The Kier molecular flexibility index (Phi) is 7.05.